The van der Waals surface area contributed by atoms with Crippen LogP contribution in [0, 0.1) is 0 Å². The number of nitrogens with zero attached hydrogens (tertiary/aromatic N) is 6. The largest absolute Gasteiger partial charge is 1.00 e. The molecule has 4 aromatic heterocycles. The molecule has 1 atom stereocenters. The molecular formula is C28H30Cl4F5N6P. The average molecular weight is 719 g/mol. The lowest BCUT2D eigenvalue weighted by molar-refractivity contribution is -0.599. The van der Waals surface area contributed by atoms with Crippen LogP contribution in [0.4, 0.5) is 33.3 Å². The molecule has 0 saturated heterocycles. The fourth-order valence-corrected chi connectivity index (χ4v) is 3.10. The maximum Gasteiger partial charge on any atom is 0.351 e. The zero-order valence-corrected chi connectivity index (χ0v) is 28.0. The van der Waals surface area contributed by atoms with E-state index < -0.39 is 17.1 Å². The van der Waals surface area contributed by atoms with Crippen LogP contribution >= 0.6 is 44.0 Å². The van der Waals surface area contributed by atoms with Gasteiger partial charge in [-0.2, -0.15) is 17.6 Å². The molecule has 16 heteroatoms. The van der Waals surface area contributed by atoms with Crippen molar-refractivity contribution in [1.29, 1.82) is 0 Å². The molecule has 0 amide bonds. The Morgan fingerprint density at radius 3 is 1.55 bits per heavy atom. The molecular weight excluding hydrogens is 688 g/mol. The molecule has 0 radical (unpaired) electrons. The second kappa shape index (κ2) is 20.3. The minimum absolute atomic E-state index is 0. The number of rotatable bonds is 5. The molecule has 0 fully saturated rings. The Balaban J connectivity index is 0.000000635. The SMILES string of the molecule is CN(C)c1cc[n+](-c2ccc(C(F)(F)Cl)cn2)cc1.CN(C)c1ccncc1.FC(F)(Cl)c1ccc(Cl)nc1.[2H]/C(F)=C\P.[Cl-]. The maximum absolute atomic E-state index is 12.8. The second-order valence-corrected chi connectivity index (χ2v) is 10.2. The van der Waals surface area contributed by atoms with Gasteiger partial charge in [-0.1, -0.05) is 11.6 Å². The van der Waals surface area contributed by atoms with Crippen LogP contribution < -0.4 is 26.8 Å². The first kappa shape index (κ1) is 39.2. The zero-order valence-electron chi connectivity index (χ0n) is 24.8. The third-order valence-corrected chi connectivity index (χ3v) is 5.75. The smallest absolute Gasteiger partial charge is 0.351 e. The predicted molar refractivity (Wildman–Crippen MR) is 167 cm³/mol. The molecule has 240 valence electrons. The minimum atomic E-state index is -3.38. The second-order valence-electron chi connectivity index (χ2n) is 8.50. The highest BCUT2D eigenvalue weighted by Gasteiger charge is 2.30. The van der Waals surface area contributed by atoms with Crippen LogP contribution in [0.2, 0.25) is 5.15 Å². The molecule has 6 nitrogen and oxygen atoms in total. The van der Waals surface area contributed by atoms with Crippen molar-refractivity contribution in [2.45, 2.75) is 10.8 Å². The van der Waals surface area contributed by atoms with E-state index in [4.69, 9.17) is 36.2 Å². The molecule has 1 unspecified atom stereocenters. The van der Waals surface area contributed by atoms with Crippen LogP contribution in [-0.2, 0) is 10.8 Å². The first-order valence-electron chi connectivity index (χ1n) is 12.5. The predicted octanol–water partition coefficient (Wildman–Crippen LogP) is 5.19. The summed E-state index contributed by atoms with van der Waals surface area (Å²) in [5.74, 6) is 1.55. The van der Waals surface area contributed by atoms with Gasteiger partial charge in [0.25, 0.3) is 0 Å². The number of aromatic nitrogens is 4. The van der Waals surface area contributed by atoms with Gasteiger partial charge in [0.15, 0.2) is 6.20 Å². The van der Waals surface area contributed by atoms with E-state index in [2.05, 4.69) is 15.0 Å². The van der Waals surface area contributed by atoms with Gasteiger partial charge in [-0.15, -0.1) is 9.24 Å². The van der Waals surface area contributed by atoms with Gasteiger partial charge in [0.05, 0.1) is 31.2 Å². The Kier molecular flexibility index (Phi) is 18.0. The van der Waals surface area contributed by atoms with Crippen LogP contribution in [0.15, 0.2) is 97.8 Å². The molecule has 4 aromatic rings. The van der Waals surface area contributed by atoms with Crippen molar-refractivity contribution >= 4 is 55.4 Å². The molecule has 0 aliphatic carbocycles. The molecule has 0 N–H and O–H groups in total. The lowest BCUT2D eigenvalue weighted by Gasteiger charge is -2.11. The van der Waals surface area contributed by atoms with Crippen LogP contribution in [-0.4, -0.2) is 43.1 Å². The van der Waals surface area contributed by atoms with Crippen LogP contribution in [0.25, 0.3) is 5.82 Å². The fraction of sp³-hybridized carbons (Fsp3) is 0.214. The zero-order chi connectivity index (χ0) is 33.5. The summed E-state index contributed by atoms with van der Waals surface area (Å²) in [7, 11) is 9.87. The van der Waals surface area contributed by atoms with Gasteiger partial charge in [-0.3, -0.25) is 4.98 Å². The summed E-state index contributed by atoms with van der Waals surface area (Å²) in [4.78, 5) is 15.3. The summed E-state index contributed by atoms with van der Waals surface area (Å²) in [5.41, 5.74) is 1.55. The quantitative estimate of drug-likeness (QED) is 0.0936. The normalized spacial score (nSPS) is 11.1. The Morgan fingerprint density at radius 2 is 1.23 bits per heavy atom. The van der Waals surface area contributed by atoms with Crippen molar-refractivity contribution in [3.63, 3.8) is 0 Å². The number of pyridine rings is 4. The van der Waals surface area contributed by atoms with Gasteiger partial charge in [-0.25, -0.2) is 13.9 Å². The number of hydrogen-bond donors (Lipinski definition) is 0. The van der Waals surface area contributed by atoms with Gasteiger partial charge >= 0.3 is 16.6 Å². The van der Waals surface area contributed by atoms with Crippen molar-refractivity contribution < 1.29 is 40.3 Å². The van der Waals surface area contributed by atoms with Gasteiger partial charge in [0.2, 0.25) is 0 Å². The van der Waals surface area contributed by atoms with Crippen LogP contribution in [0.3, 0.4) is 0 Å². The highest BCUT2D eigenvalue weighted by atomic mass is 35.5. The molecule has 0 bridgehead atoms. The van der Waals surface area contributed by atoms with E-state index in [0.29, 0.717) is 5.82 Å². The lowest BCUT2D eigenvalue weighted by Crippen LogP contribution is -3.00. The standard InChI is InChI=1S/C13H13ClF2N3.C7H10N2.C6H3Cl2F2N.C2H4FP.ClH/c1-18(2)11-5-7-19(8-6-11)12-4-3-10(9-17-12)13(14,15)16;1-9(2)7-3-5-8-6-4-7;7-5-2-1-4(3-11-5)6(8,9)10;3-1-2-4;/h3-9H,1-2H3;3-6H,1-2H3;1-3H;1-2H,4H2;1H/q+1;;;;/p-1/b;;;2-1+;/i;;;1D;. The molecule has 0 aliphatic heterocycles. The summed E-state index contributed by atoms with van der Waals surface area (Å²) in [5, 5.41) is -6.59. The fourth-order valence-electron chi connectivity index (χ4n) is 2.76. The third-order valence-electron chi connectivity index (χ3n) is 4.96. The maximum atomic E-state index is 12.8. The minimum Gasteiger partial charge on any atom is -1.00 e. The molecule has 4 rings (SSSR count). The summed E-state index contributed by atoms with van der Waals surface area (Å²) in [6, 6.07) is 12.9. The van der Waals surface area contributed by atoms with Crippen LogP contribution in [0.1, 0.15) is 12.5 Å². The van der Waals surface area contributed by atoms with Crippen molar-refractivity contribution in [2.24, 2.45) is 0 Å². The summed E-state index contributed by atoms with van der Waals surface area (Å²) >= 11 is 15.0. The van der Waals surface area contributed by atoms with E-state index in [1.807, 2.05) is 83.9 Å². The first-order valence-corrected chi connectivity index (χ1v) is 13.8. The van der Waals surface area contributed by atoms with Crippen molar-refractivity contribution in [1.82, 2.24) is 15.0 Å². The average Bonchev–Trinajstić information content (AvgIpc) is 2.98. The monoisotopic (exact) mass is 717 g/mol. The van der Waals surface area contributed by atoms with Crippen molar-refractivity contribution in [3.8, 4) is 5.82 Å². The van der Waals surface area contributed by atoms with E-state index in [-0.39, 0.29) is 28.7 Å². The first-order chi connectivity index (χ1) is 20.4. The van der Waals surface area contributed by atoms with Crippen molar-refractivity contribution in [2.75, 3.05) is 38.0 Å². The molecule has 0 saturated carbocycles. The van der Waals surface area contributed by atoms with E-state index in [9.17, 15) is 22.0 Å². The summed E-state index contributed by atoms with van der Waals surface area (Å²) in [6.07, 6.45) is 8.32. The van der Waals surface area contributed by atoms with Gasteiger partial charge < -0.3 is 22.2 Å². The van der Waals surface area contributed by atoms with E-state index in [1.165, 1.54) is 23.9 Å². The Bertz CT molecular complexity index is 1410. The highest BCUT2D eigenvalue weighted by molar-refractivity contribution is 7.20. The molecule has 4 heterocycles. The van der Waals surface area contributed by atoms with E-state index in [1.54, 1.807) is 17.0 Å². The number of anilines is 2. The molecule has 0 aliphatic rings. The van der Waals surface area contributed by atoms with Gasteiger partial charge in [0.1, 0.15) is 5.15 Å². The number of halogens is 9. The number of alkyl halides is 6. The highest BCUT2D eigenvalue weighted by Crippen LogP contribution is 2.32. The van der Waals surface area contributed by atoms with E-state index in [0.717, 1.165) is 30.0 Å². The van der Waals surface area contributed by atoms with Gasteiger partial charge in [-0.05, 0) is 64.3 Å². The molecule has 44 heavy (non-hydrogen) atoms. The van der Waals surface area contributed by atoms with Crippen LogP contribution in [0.5, 0.6) is 0 Å². The molecule has 0 spiro atoms. The van der Waals surface area contributed by atoms with Gasteiger partial charge in [0, 0.05) is 76.4 Å². The topological polar surface area (TPSA) is 49.0 Å². The lowest BCUT2D eigenvalue weighted by atomic mass is 10.3. The third kappa shape index (κ3) is 15.8. The summed E-state index contributed by atoms with van der Waals surface area (Å²) in [6.45, 7) is 0. The van der Waals surface area contributed by atoms with Crippen molar-refractivity contribution in [3.05, 3.63) is 114 Å². The van der Waals surface area contributed by atoms with E-state index >= 15 is 0 Å². The molecule has 0 aromatic carbocycles. The Hall–Kier alpha value is -2.82. The Labute approximate surface area is 278 Å². The summed E-state index contributed by atoms with van der Waals surface area (Å²) < 4.78 is 68.9. The number of hydrogen-bond acceptors (Lipinski definition) is 5. The Morgan fingerprint density at radius 1 is 0.795 bits per heavy atom.